The Hall–Kier alpha value is -3.43. The van der Waals surface area contributed by atoms with E-state index in [1.807, 2.05) is 32.2 Å². The van der Waals surface area contributed by atoms with E-state index < -0.39 is 0 Å². The summed E-state index contributed by atoms with van der Waals surface area (Å²) >= 11 is 0. The largest absolute Gasteiger partial charge is 0.378 e. The van der Waals surface area contributed by atoms with Crippen LogP contribution in [0.15, 0.2) is 65.8 Å². The molecule has 2 aromatic carbocycles. The second-order valence-electron chi connectivity index (χ2n) is 8.81. The molecule has 0 unspecified atom stereocenters. The molecule has 1 aromatic heterocycles. The van der Waals surface area contributed by atoms with Crippen molar-refractivity contribution in [1.82, 2.24) is 10.2 Å². The molecule has 0 radical (unpaired) electrons. The predicted molar refractivity (Wildman–Crippen MR) is 139 cm³/mol. The fourth-order valence-corrected chi connectivity index (χ4v) is 4.63. The first-order valence-electron chi connectivity index (χ1n) is 11.8. The summed E-state index contributed by atoms with van der Waals surface area (Å²) in [4.78, 5) is 18.3. The number of rotatable bonds is 8. The van der Waals surface area contributed by atoms with Crippen LogP contribution in [-0.2, 0) is 10.3 Å². The molecule has 9 heteroatoms. The Morgan fingerprint density at radius 2 is 1.59 bits per heavy atom. The number of anilines is 5. The quantitative estimate of drug-likeness (QED) is 0.344. The van der Waals surface area contributed by atoms with Crippen molar-refractivity contribution in [2.75, 3.05) is 41.8 Å². The third kappa shape index (κ3) is 4.62. The molecule has 34 heavy (non-hydrogen) atoms. The Kier molecular flexibility index (Phi) is 6.47. The molecule has 2 fully saturated rings. The van der Waals surface area contributed by atoms with E-state index in [-0.39, 0.29) is 11.2 Å². The maximum Gasteiger partial charge on any atom is 0.182 e. The van der Waals surface area contributed by atoms with Gasteiger partial charge < -0.3 is 25.5 Å². The van der Waals surface area contributed by atoms with Crippen molar-refractivity contribution in [3.8, 4) is 0 Å². The van der Waals surface area contributed by atoms with E-state index in [1.54, 1.807) is 12.1 Å². The number of nitrogens with one attached hydrogen (secondary N) is 3. The molecule has 8 nitrogen and oxygen atoms in total. The normalized spacial score (nSPS) is 17.0. The van der Waals surface area contributed by atoms with Crippen LogP contribution in [0.4, 0.5) is 34.4 Å². The molecular formula is C25H29BN6O2. The summed E-state index contributed by atoms with van der Waals surface area (Å²) in [5.74, 6) is 1.05. The third-order valence-electron chi connectivity index (χ3n) is 6.87. The van der Waals surface area contributed by atoms with Crippen molar-refractivity contribution >= 4 is 42.4 Å². The van der Waals surface area contributed by atoms with Crippen molar-refractivity contribution in [2.24, 2.45) is 5.18 Å². The summed E-state index contributed by atoms with van der Waals surface area (Å²) < 4.78 is 5.43. The minimum Gasteiger partial charge on any atom is -0.378 e. The van der Waals surface area contributed by atoms with Crippen molar-refractivity contribution in [2.45, 2.75) is 24.8 Å². The molecule has 0 bridgehead atoms. The lowest BCUT2D eigenvalue weighted by Crippen LogP contribution is -2.46. The van der Waals surface area contributed by atoms with Crippen molar-refractivity contribution in [1.29, 1.82) is 0 Å². The SMILES string of the molecule is BNC1(c2ccc(Nc3nc(Nc4ccc(N5CCOCC5)cc4)ccc3N=O)cc2)CCC1. The first-order chi connectivity index (χ1) is 16.7. The number of pyridine rings is 1. The van der Waals surface area contributed by atoms with E-state index in [2.05, 4.69) is 55.2 Å². The number of aromatic nitrogens is 1. The molecule has 1 saturated heterocycles. The van der Waals surface area contributed by atoms with Gasteiger partial charge in [0.1, 0.15) is 5.82 Å². The molecule has 0 atom stereocenters. The van der Waals surface area contributed by atoms with E-state index in [0.717, 1.165) is 50.5 Å². The topological polar surface area (TPSA) is 90.9 Å². The smallest absolute Gasteiger partial charge is 0.182 e. The van der Waals surface area contributed by atoms with E-state index in [1.165, 1.54) is 17.7 Å². The van der Waals surface area contributed by atoms with E-state index >= 15 is 0 Å². The molecule has 1 aliphatic carbocycles. The van der Waals surface area contributed by atoms with Crippen LogP contribution in [0.25, 0.3) is 0 Å². The highest BCUT2D eigenvalue weighted by Crippen LogP contribution is 2.41. The van der Waals surface area contributed by atoms with Gasteiger partial charge in [0, 0.05) is 35.7 Å². The Bertz CT molecular complexity index is 1120. The summed E-state index contributed by atoms with van der Waals surface area (Å²) in [5.41, 5.74) is 4.60. The van der Waals surface area contributed by atoms with Crippen LogP contribution in [0.3, 0.4) is 0 Å². The van der Waals surface area contributed by atoms with Gasteiger partial charge in [0.2, 0.25) is 0 Å². The Labute approximate surface area is 200 Å². The fourth-order valence-electron chi connectivity index (χ4n) is 4.63. The highest BCUT2D eigenvalue weighted by Gasteiger charge is 2.36. The van der Waals surface area contributed by atoms with Gasteiger partial charge in [-0.15, -0.1) is 4.91 Å². The first-order valence-corrected chi connectivity index (χ1v) is 11.8. The summed E-state index contributed by atoms with van der Waals surface area (Å²) in [5, 5.41) is 13.2. The number of benzene rings is 2. The van der Waals surface area contributed by atoms with Crippen LogP contribution in [0, 0.1) is 4.91 Å². The van der Waals surface area contributed by atoms with Crippen LogP contribution < -0.4 is 20.8 Å². The minimum absolute atomic E-state index is 0.0907. The minimum atomic E-state index is 0.0907. The number of hydrogen-bond donors (Lipinski definition) is 3. The average Bonchev–Trinajstić information content (AvgIpc) is 2.86. The Morgan fingerprint density at radius 1 is 0.912 bits per heavy atom. The van der Waals surface area contributed by atoms with E-state index in [4.69, 9.17) is 4.74 Å². The van der Waals surface area contributed by atoms with Gasteiger partial charge in [0.25, 0.3) is 0 Å². The molecule has 1 saturated carbocycles. The number of ether oxygens (including phenoxy) is 1. The molecule has 1 aliphatic heterocycles. The Morgan fingerprint density at radius 3 is 2.21 bits per heavy atom. The molecular weight excluding hydrogens is 427 g/mol. The zero-order valence-electron chi connectivity index (χ0n) is 19.4. The highest BCUT2D eigenvalue weighted by atomic mass is 16.5. The van der Waals surface area contributed by atoms with Gasteiger partial charge in [-0.1, -0.05) is 12.1 Å². The average molecular weight is 456 g/mol. The van der Waals surface area contributed by atoms with E-state index in [0.29, 0.717) is 11.6 Å². The molecule has 3 N–H and O–H groups in total. The van der Waals surface area contributed by atoms with Gasteiger partial charge >= 0.3 is 0 Å². The molecule has 2 heterocycles. The molecule has 5 rings (SSSR count). The van der Waals surface area contributed by atoms with Crippen molar-refractivity contribution in [3.05, 3.63) is 71.1 Å². The standard InChI is InChI=1S/C25H29BN6O2/c26-31-25(12-1-13-25)18-2-4-20(5-3-18)28-24-22(30-33)10-11-23(29-24)27-19-6-8-21(9-7-19)32-14-16-34-17-15-32/h2-11,31H,1,12-17,26H2,(H2,27,28,29). The Balaban J connectivity index is 1.29. The second-order valence-corrected chi connectivity index (χ2v) is 8.81. The molecule has 2 aliphatic rings. The summed E-state index contributed by atoms with van der Waals surface area (Å²) in [6, 6.07) is 20.0. The van der Waals surface area contributed by atoms with Crippen LogP contribution in [-0.4, -0.2) is 39.3 Å². The monoisotopic (exact) mass is 456 g/mol. The summed E-state index contributed by atoms with van der Waals surface area (Å²) in [7, 11) is 2.02. The molecule has 174 valence electrons. The number of nitroso groups, excluding NO2 is 1. The second kappa shape index (κ2) is 9.83. The van der Waals surface area contributed by atoms with Gasteiger partial charge in [-0.25, -0.2) is 4.98 Å². The van der Waals surface area contributed by atoms with E-state index in [9.17, 15) is 4.91 Å². The maximum absolute atomic E-state index is 11.4. The van der Waals surface area contributed by atoms with Crippen LogP contribution >= 0.6 is 0 Å². The highest BCUT2D eigenvalue weighted by molar-refractivity contribution is 6.05. The van der Waals surface area contributed by atoms with Crippen molar-refractivity contribution < 1.29 is 4.74 Å². The van der Waals surface area contributed by atoms with Gasteiger partial charge in [0.15, 0.2) is 19.5 Å². The van der Waals surface area contributed by atoms with Crippen molar-refractivity contribution in [3.63, 3.8) is 0 Å². The number of nitrogens with zero attached hydrogens (tertiary/aromatic N) is 3. The predicted octanol–water partition coefficient (Wildman–Crippen LogP) is 4.32. The molecule has 3 aromatic rings. The maximum atomic E-state index is 11.4. The lowest BCUT2D eigenvalue weighted by molar-refractivity contribution is 0.122. The van der Waals surface area contributed by atoms with Crippen LogP contribution in [0.1, 0.15) is 24.8 Å². The zero-order valence-corrected chi connectivity index (χ0v) is 19.4. The zero-order chi connectivity index (χ0) is 23.4. The van der Waals surface area contributed by atoms with Gasteiger partial charge in [-0.2, -0.15) is 0 Å². The molecule has 0 amide bonds. The van der Waals surface area contributed by atoms with Gasteiger partial charge in [-0.05, 0) is 78.5 Å². The fraction of sp³-hybridized carbons (Fsp3) is 0.320. The number of morpholine rings is 1. The lowest BCUT2D eigenvalue weighted by atomic mass is 9.71. The summed E-state index contributed by atoms with van der Waals surface area (Å²) in [6.07, 6.45) is 3.55. The van der Waals surface area contributed by atoms with Gasteiger partial charge in [0.05, 0.1) is 13.2 Å². The first kappa shape index (κ1) is 22.4. The lowest BCUT2D eigenvalue weighted by Gasteiger charge is -2.43. The molecule has 0 spiro atoms. The number of hydrogen-bond acceptors (Lipinski definition) is 8. The third-order valence-corrected chi connectivity index (χ3v) is 6.87. The van der Waals surface area contributed by atoms with Crippen LogP contribution in [0.5, 0.6) is 0 Å². The van der Waals surface area contributed by atoms with Crippen LogP contribution in [0.2, 0.25) is 0 Å². The van der Waals surface area contributed by atoms with Gasteiger partial charge in [-0.3, -0.25) is 0 Å². The summed E-state index contributed by atoms with van der Waals surface area (Å²) in [6.45, 7) is 3.33.